The van der Waals surface area contributed by atoms with Crippen molar-refractivity contribution in [3.05, 3.63) is 59.3 Å². The number of aromatic nitrogens is 2. The normalized spacial score (nSPS) is 17.6. The second-order valence-electron chi connectivity index (χ2n) is 6.40. The van der Waals surface area contributed by atoms with Crippen molar-refractivity contribution in [3.8, 4) is 10.8 Å². The molecule has 3 heterocycles. The summed E-state index contributed by atoms with van der Waals surface area (Å²) >= 11 is 1.62. The molecule has 5 nitrogen and oxygen atoms in total. The van der Waals surface area contributed by atoms with Crippen LogP contribution < -0.4 is 0 Å². The molecule has 6 heteroatoms. The van der Waals surface area contributed by atoms with Crippen LogP contribution in [0.1, 0.15) is 24.4 Å². The first-order chi connectivity index (χ1) is 12.3. The molecule has 0 amide bonds. The van der Waals surface area contributed by atoms with Crippen LogP contribution in [-0.4, -0.2) is 46.2 Å². The van der Waals surface area contributed by atoms with Crippen molar-refractivity contribution < 1.29 is 4.42 Å². The van der Waals surface area contributed by atoms with Gasteiger partial charge in [-0.3, -0.25) is 9.80 Å². The van der Waals surface area contributed by atoms with Gasteiger partial charge in [0.25, 0.3) is 5.89 Å². The molecule has 4 rings (SSSR count). The first kappa shape index (κ1) is 16.4. The molecule has 1 aliphatic rings. The van der Waals surface area contributed by atoms with Gasteiger partial charge < -0.3 is 4.42 Å². The fourth-order valence-corrected chi connectivity index (χ4v) is 3.85. The lowest BCUT2D eigenvalue weighted by Gasteiger charge is -2.36. The summed E-state index contributed by atoms with van der Waals surface area (Å²) in [7, 11) is 0. The standard InChI is InChI=1S/C19H22N4OS/c1-15(18-20-21-19(24-18)17-8-5-13-25-17)23-11-9-22(10-12-23)14-16-6-3-2-4-7-16/h2-8,13,15H,9-12,14H2,1H3. The van der Waals surface area contributed by atoms with Gasteiger partial charge in [0.05, 0.1) is 10.9 Å². The van der Waals surface area contributed by atoms with Gasteiger partial charge in [-0.25, -0.2) is 0 Å². The van der Waals surface area contributed by atoms with Gasteiger partial charge in [0.15, 0.2) is 0 Å². The summed E-state index contributed by atoms with van der Waals surface area (Å²) in [5.74, 6) is 1.33. The number of rotatable bonds is 5. The average molecular weight is 354 g/mol. The van der Waals surface area contributed by atoms with Crippen LogP contribution in [0.25, 0.3) is 10.8 Å². The Hall–Kier alpha value is -2.02. The summed E-state index contributed by atoms with van der Waals surface area (Å²) in [4.78, 5) is 5.95. The summed E-state index contributed by atoms with van der Waals surface area (Å²) in [6.07, 6.45) is 0. The van der Waals surface area contributed by atoms with Gasteiger partial charge in [0, 0.05) is 32.7 Å². The lowest BCUT2D eigenvalue weighted by Crippen LogP contribution is -2.46. The van der Waals surface area contributed by atoms with Gasteiger partial charge >= 0.3 is 0 Å². The Morgan fingerprint density at radius 2 is 1.84 bits per heavy atom. The average Bonchev–Trinajstić information content (AvgIpc) is 3.34. The molecule has 25 heavy (non-hydrogen) atoms. The van der Waals surface area contributed by atoms with Crippen LogP contribution in [0.3, 0.4) is 0 Å². The Kier molecular flexibility index (Phi) is 4.92. The minimum Gasteiger partial charge on any atom is -0.418 e. The van der Waals surface area contributed by atoms with Crippen molar-refractivity contribution in [2.75, 3.05) is 26.2 Å². The van der Waals surface area contributed by atoms with E-state index >= 15 is 0 Å². The first-order valence-electron chi connectivity index (χ1n) is 8.67. The zero-order valence-corrected chi connectivity index (χ0v) is 15.2. The maximum atomic E-state index is 5.90. The Bertz CT molecular complexity index is 779. The van der Waals surface area contributed by atoms with Crippen molar-refractivity contribution in [2.45, 2.75) is 19.5 Å². The highest BCUT2D eigenvalue weighted by Crippen LogP contribution is 2.27. The van der Waals surface area contributed by atoms with Crippen LogP contribution >= 0.6 is 11.3 Å². The van der Waals surface area contributed by atoms with Crippen molar-refractivity contribution in [1.82, 2.24) is 20.0 Å². The molecule has 1 aliphatic heterocycles. The fraction of sp³-hybridized carbons (Fsp3) is 0.368. The maximum Gasteiger partial charge on any atom is 0.257 e. The number of nitrogens with zero attached hydrogens (tertiary/aromatic N) is 4. The molecule has 0 aliphatic carbocycles. The molecule has 0 bridgehead atoms. The van der Waals surface area contributed by atoms with Crippen LogP contribution in [-0.2, 0) is 6.54 Å². The number of benzene rings is 1. The predicted molar refractivity (Wildman–Crippen MR) is 99.3 cm³/mol. The van der Waals surface area contributed by atoms with Gasteiger partial charge in [0.2, 0.25) is 5.89 Å². The predicted octanol–water partition coefficient (Wildman–Crippen LogP) is 3.68. The largest absolute Gasteiger partial charge is 0.418 e. The van der Waals surface area contributed by atoms with E-state index in [1.54, 1.807) is 11.3 Å². The second-order valence-corrected chi connectivity index (χ2v) is 7.34. The highest BCUT2D eigenvalue weighted by Gasteiger charge is 2.25. The van der Waals surface area contributed by atoms with Crippen LogP contribution in [0, 0.1) is 0 Å². The molecule has 2 aromatic heterocycles. The van der Waals surface area contributed by atoms with Crippen molar-refractivity contribution in [3.63, 3.8) is 0 Å². The topological polar surface area (TPSA) is 45.4 Å². The molecule has 0 N–H and O–H groups in total. The quantitative estimate of drug-likeness (QED) is 0.699. The van der Waals surface area contributed by atoms with E-state index in [1.165, 1.54) is 5.56 Å². The van der Waals surface area contributed by atoms with Crippen LogP contribution in [0.4, 0.5) is 0 Å². The highest BCUT2D eigenvalue weighted by molar-refractivity contribution is 7.13. The van der Waals surface area contributed by atoms with E-state index in [-0.39, 0.29) is 6.04 Å². The van der Waals surface area contributed by atoms with Gasteiger partial charge in [-0.2, -0.15) is 0 Å². The van der Waals surface area contributed by atoms with E-state index in [4.69, 9.17) is 4.42 Å². The molecular formula is C19H22N4OS. The van der Waals surface area contributed by atoms with E-state index < -0.39 is 0 Å². The molecule has 1 fully saturated rings. The van der Waals surface area contributed by atoms with Crippen molar-refractivity contribution in [1.29, 1.82) is 0 Å². The fourth-order valence-electron chi connectivity index (χ4n) is 3.21. The van der Waals surface area contributed by atoms with E-state index in [0.29, 0.717) is 11.8 Å². The number of hydrogen-bond acceptors (Lipinski definition) is 6. The Labute approximate surface area is 151 Å². The van der Waals surface area contributed by atoms with Crippen molar-refractivity contribution >= 4 is 11.3 Å². The molecule has 1 unspecified atom stereocenters. The molecular weight excluding hydrogens is 332 g/mol. The zero-order valence-electron chi connectivity index (χ0n) is 14.3. The monoisotopic (exact) mass is 354 g/mol. The third-order valence-corrected chi connectivity index (χ3v) is 5.59. The molecule has 1 atom stereocenters. The Balaban J connectivity index is 1.34. The molecule has 130 valence electrons. The Morgan fingerprint density at radius 1 is 1.04 bits per heavy atom. The van der Waals surface area contributed by atoms with Gasteiger partial charge in [0.1, 0.15) is 0 Å². The van der Waals surface area contributed by atoms with Gasteiger partial charge in [-0.05, 0) is 23.9 Å². The van der Waals surface area contributed by atoms with E-state index in [2.05, 4.69) is 57.3 Å². The minimum atomic E-state index is 0.153. The molecule has 3 aromatic rings. The molecule has 0 saturated carbocycles. The van der Waals surface area contributed by atoms with E-state index in [9.17, 15) is 0 Å². The summed E-state index contributed by atoms with van der Waals surface area (Å²) in [6, 6.07) is 14.8. The van der Waals surface area contributed by atoms with Crippen LogP contribution in [0.2, 0.25) is 0 Å². The third kappa shape index (κ3) is 3.81. The Morgan fingerprint density at radius 3 is 2.56 bits per heavy atom. The third-order valence-electron chi connectivity index (χ3n) is 4.73. The van der Waals surface area contributed by atoms with E-state index in [0.717, 1.165) is 37.6 Å². The van der Waals surface area contributed by atoms with Crippen LogP contribution in [0.5, 0.6) is 0 Å². The zero-order chi connectivity index (χ0) is 17.1. The maximum absolute atomic E-state index is 5.90. The molecule has 0 radical (unpaired) electrons. The molecule has 1 aromatic carbocycles. The number of piperazine rings is 1. The van der Waals surface area contributed by atoms with Crippen LogP contribution in [0.15, 0.2) is 52.3 Å². The van der Waals surface area contributed by atoms with Gasteiger partial charge in [-0.1, -0.05) is 36.4 Å². The lowest BCUT2D eigenvalue weighted by atomic mass is 10.2. The van der Waals surface area contributed by atoms with E-state index in [1.807, 2.05) is 17.5 Å². The summed E-state index contributed by atoms with van der Waals surface area (Å²) in [5, 5.41) is 10.5. The minimum absolute atomic E-state index is 0.153. The number of thiophene rings is 1. The molecule has 1 saturated heterocycles. The smallest absolute Gasteiger partial charge is 0.257 e. The summed E-state index contributed by atoms with van der Waals surface area (Å²) < 4.78 is 5.90. The van der Waals surface area contributed by atoms with Crippen molar-refractivity contribution in [2.24, 2.45) is 0 Å². The van der Waals surface area contributed by atoms with Gasteiger partial charge in [-0.15, -0.1) is 21.5 Å². The first-order valence-corrected chi connectivity index (χ1v) is 9.55. The highest BCUT2D eigenvalue weighted by atomic mass is 32.1. The SMILES string of the molecule is CC(c1nnc(-c2cccs2)o1)N1CCN(Cc2ccccc2)CC1. The second kappa shape index (κ2) is 7.47. The molecule has 0 spiro atoms. The lowest BCUT2D eigenvalue weighted by molar-refractivity contribution is 0.0876. The number of hydrogen-bond donors (Lipinski definition) is 0. The summed E-state index contributed by atoms with van der Waals surface area (Å²) in [5.41, 5.74) is 1.38. The summed E-state index contributed by atoms with van der Waals surface area (Å²) in [6.45, 7) is 7.33.